The lowest BCUT2D eigenvalue weighted by molar-refractivity contribution is -0.148. The lowest BCUT2D eigenvalue weighted by Crippen LogP contribution is -2.30. The van der Waals surface area contributed by atoms with Crippen molar-refractivity contribution < 1.29 is 42.5 Å². The van der Waals surface area contributed by atoms with E-state index in [0.29, 0.717) is 10.0 Å². The van der Waals surface area contributed by atoms with Crippen LogP contribution in [-0.4, -0.2) is 56.2 Å². The summed E-state index contributed by atoms with van der Waals surface area (Å²) in [4.78, 5) is 49.3. The van der Waals surface area contributed by atoms with Crippen LogP contribution in [-0.2, 0) is 25.6 Å². The van der Waals surface area contributed by atoms with Crippen LogP contribution in [0.25, 0.3) is 6.08 Å². The first kappa shape index (κ1) is 24.8. The number of hydrogen-bond acceptors (Lipinski definition) is 9. The summed E-state index contributed by atoms with van der Waals surface area (Å²) >= 11 is 3.37. The van der Waals surface area contributed by atoms with Crippen molar-refractivity contribution in [3.63, 3.8) is 0 Å². The van der Waals surface area contributed by atoms with Crippen molar-refractivity contribution in [2.75, 3.05) is 21.3 Å². The van der Waals surface area contributed by atoms with E-state index in [1.54, 1.807) is 12.1 Å². The number of benzene rings is 1. The van der Waals surface area contributed by atoms with Gasteiger partial charge in [0, 0.05) is 0 Å². The Labute approximate surface area is 202 Å². The molecular weight excluding hydrogens is 516 g/mol. The molecule has 1 aromatic carbocycles. The standard InChI is InChI=1S/C22H21BrN2O9/c1-11(20(27)31-3)33-18-14(23)7-12(9-17(18)30-2)8-15-19(26)25(22(29)24-15)10-13-5-6-16(34-13)21(28)32-4/h5-9,11H,10H2,1-4H3,(H,24,29)/b15-8-/t11-/m1/s1. The Bertz CT molecular complexity index is 1170. The van der Waals surface area contributed by atoms with Gasteiger partial charge < -0.3 is 28.7 Å². The van der Waals surface area contributed by atoms with Crippen LogP contribution in [0.2, 0.25) is 0 Å². The first-order valence-electron chi connectivity index (χ1n) is 9.82. The molecule has 0 unspecified atom stereocenters. The molecule has 180 valence electrons. The maximum Gasteiger partial charge on any atom is 0.373 e. The Morgan fingerprint density at radius 2 is 1.91 bits per heavy atom. The number of carbonyl (C=O) groups excluding carboxylic acids is 4. The summed E-state index contributed by atoms with van der Waals surface area (Å²) in [5.41, 5.74) is 0.536. The largest absolute Gasteiger partial charge is 0.493 e. The molecule has 34 heavy (non-hydrogen) atoms. The first-order valence-corrected chi connectivity index (χ1v) is 10.6. The molecule has 0 spiro atoms. The fourth-order valence-electron chi connectivity index (χ4n) is 3.04. The fourth-order valence-corrected chi connectivity index (χ4v) is 3.59. The number of esters is 2. The highest BCUT2D eigenvalue weighted by atomic mass is 79.9. The maximum absolute atomic E-state index is 12.8. The van der Waals surface area contributed by atoms with Gasteiger partial charge in [-0.3, -0.25) is 9.69 Å². The van der Waals surface area contributed by atoms with Crippen molar-refractivity contribution in [2.24, 2.45) is 0 Å². The van der Waals surface area contributed by atoms with E-state index in [2.05, 4.69) is 30.7 Å². The number of urea groups is 1. The van der Waals surface area contributed by atoms with Gasteiger partial charge in [-0.2, -0.15) is 0 Å². The molecule has 2 aromatic rings. The number of rotatable bonds is 8. The average molecular weight is 537 g/mol. The van der Waals surface area contributed by atoms with E-state index < -0.39 is 30.0 Å². The summed E-state index contributed by atoms with van der Waals surface area (Å²) in [6, 6.07) is 5.43. The minimum atomic E-state index is -0.884. The Morgan fingerprint density at radius 1 is 1.18 bits per heavy atom. The third-order valence-corrected chi connectivity index (χ3v) is 5.30. The number of hydrogen-bond donors (Lipinski definition) is 1. The van der Waals surface area contributed by atoms with E-state index in [9.17, 15) is 19.2 Å². The molecule has 1 aliphatic rings. The molecule has 1 N–H and O–H groups in total. The molecular formula is C22H21BrN2O9. The van der Waals surface area contributed by atoms with E-state index in [4.69, 9.17) is 13.9 Å². The molecule has 1 saturated heterocycles. The SMILES string of the molecule is COC(=O)c1ccc(CN2C(=O)N/C(=C\c3cc(Br)c(O[C@H](C)C(=O)OC)c(OC)c3)C2=O)o1. The van der Waals surface area contributed by atoms with E-state index in [0.717, 1.165) is 4.90 Å². The number of nitrogens with one attached hydrogen (secondary N) is 1. The predicted molar refractivity (Wildman–Crippen MR) is 120 cm³/mol. The van der Waals surface area contributed by atoms with Crippen molar-refractivity contribution in [2.45, 2.75) is 19.6 Å². The Hall–Kier alpha value is -3.80. The highest BCUT2D eigenvalue weighted by Gasteiger charge is 2.34. The smallest absolute Gasteiger partial charge is 0.373 e. The zero-order valence-electron chi connectivity index (χ0n) is 18.7. The second kappa shape index (κ2) is 10.4. The number of furan rings is 1. The molecule has 3 amide bonds. The summed E-state index contributed by atoms with van der Waals surface area (Å²) in [5.74, 6) is -1.07. The number of ether oxygens (including phenoxy) is 4. The number of amides is 3. The van der Waals surface area contributed by atoms with Crippen molar-refractivity contribution in [1.29, 1.82) is 0 Å². The summed E-state index contributed by atoms with van der Waals surface area (Å²) in [6.45, 7) is 1.35. The molecule has 0 saturated carbocycles. The van der Waals surface area contributed by atoms with Crippen LogP contribution in [0, 0.1) is 0 Å². The van der Waals surface area contributed by atoms with Gasteiger partial charge in [0.15, 0.2) is 17.6 Å². The van der Waals surface area contributed by atoms with Crippen molar-refractivity contribution in [3.8, 4) is 11.5 Å². The zero-order valence-corrected chi connectivity index (χ0v) is 20.3. The van der Waals surface area contributed by atoms with Gasteiger partial charge in [-0.15, -0.1) is 0 Å². The van der Waals surface area contributed by atoms with Gasteiger partial charge in [0.1, 0.15) is 11.5 Å². The third-order valence-electron chi connectivity index (χ3n) is 4.72. The van der Waals surface area contributed by atoms with Crippen LogP contribution < -0.4 is 14.8 Å². The molecule has 12 heteroatoms. The number of methoxy groups -OCH3 is 3. The second-order valence-electron chi connectivity index (χ2n) is 6.95. The van der Waals surface area contributed by atoms with Gasteiger partial charge in [0.25, 0.3) is 5.91 Å². The van der Waals surface area contributed by atoms with E-state index in [1.807, 2.05) is 0 Å². The van der Waals surface area contributed by atoms with E-state index >= 15 is 0 Å². The second-order valence-corrected chi connectivity index (χ2v) is 7.81. The normalized spacial score (nSPS) is 15.2. The first-order chi connectivity index (χ1) is 16.2. The molecule has 1 atom stereocenters. The van der Waals surface area contributed by atoms with Crippen molar-refractivity contribution in [3.05, 3.63) is 51.5 Å². The third kappa shape index (κ3) is 5.22. The van der Waals surface area contributed by atoms with Crippen molar-refractivity contribution in [1.82, 2.24) is 10.2 Å². The summed E-state index contributed by atoms with van der Waals surface area (Å²) in [6.07, 6.45) is 0.577. The minimum absolute atomic E-state index is 0.0234. The van der Waals surface area contributed by atoms with Crippen LogP contribution in [0.4, 0.5) is 4.79 Å². The quantitative estimate of drug-likeness (QED) is 0.307. The number of imide groups is 1. The maximum atomic E-state index is 12.8. The molecule has 1 aromatic heterocycles. The van der Waals surface area contributed by atoms with Gasteiger partial charge in [0.2, 0.25) is 5.76 Å². The highest BCUT2D eigenvalue weighted by Crippen LogP contribution is 2.38. The predicted octanol–water partition coefficient (Wildman–Crippen LogP) is 2.87. The van der Waals surface area contributed by atoms with E-state index in [-0.39, 0.29) is 35.3 Å². The van der Waals surface area contributed by atoms with Crippen LogP contribution >= 0.6 is 15.9 Å². The number of halogens is 1. The van der Waals surface area contributed by atoms with Crippen LogP contribution in [0.5, 0.6) is 11.5 Å². The summed E-state index contributed by atoms with van der Waals surface area (Å²) in [7, 11) is 3.89. The molecule has 11 nitrogen and oxygen atoms in total. The number of nitrogens with zero attached hydrogens (tertiary/aromatic N) is 1. The van der Waals surface area contributed by atoms with Crippen LogP contribution in [0.3, 0.4) is 0 Å². The van der Waals surface area contributed by atoms with Crippen LogP contribution in [0.15, 0.2) is 38.9 Å². The Kier molecular flexibility index (Phi) is 7.61. The molecule has 1 aliphatic heterocycles. The van der Waals surface area contributed by atoms with E-state index in [1.165, 1.54) is 46.5 Å². The summed E-state index contributed by atoms with van der Waals surface area (Å²) < 4.78 is 26.0. The minimum Gasteiger partial charge on any atom is -0.493 e. The fraction of sp³-hybridized carbons (Fsp3) is 0.273. The molecule has 2 heterocycles. The molecule has 0 radical (unpaired) electrons. The molecule has 0 bridgehead atoms. The van der Waals surface area contributed by atoms with Gasteiger partial charge in [-0.25, -0.2) is 14.4 Å². The summed E-state index contributed by atoms with van der Waals surface area (Å²) in [5, 5.41) is 2.51. The molecule has 3 rings (SSSR count). The van der Waals surface area contributed by atoms with Crippen molar-refractivity contribution >= 4 is 45.9 Å². The lowest BCUT2D eigenvalue weighted by Gasteiger charge is -2.17. The van der Waals surface area contributed by atoms with Gasteiger partial charge in [0.05, 0.1) is 32.3 Å². The zero-order chi connectivity index (χ0) is 25.0. The lowest BCUT2D eigenvalue weighted by atomic mass is 10.1. The Morgan fingerprint density at radius 3 is 2.56 bits per heavy atom. The molecule has 1 fully saturated rings. The monoisotopic (exact) mass is 536 g/mol. The van der Waals surface area contributed by atoms with Gasteiger partial charge in [-0.05, 0) is 58.8 Å². The topological polar surface area (TPSA) is 134 Å². The number of carbonyl (C=O) groups is 4. The van der Waals surface area contributed by atoms with Crippen LogP contribution in [0.1, 0.15) is 28.8 Å². The average Bonchev–Trinajstić information content (AvgIpc) is 3.39. The van der Waals surface area contributed by atoms with Gasteiger partial charge >= 0.3 is 18.0 Å². The molecule has 0 aliphatic carbocycles. The van der Waals surface area contributed by atoms with Gasteiger partial charge in [-0.1, -0.05) is 0 Å². The highest BCUT2D eigenvalue weighted by molar-refractivity contribution is 9.10. The Balaban J connectivity index is 1.81.